The smallest absolute Gasteiger partial charge is 0.407 e. The fourth-order valence-corrected chi connectivity index (χ4v) is 9.61. The molecular weight excluding hydrogens is 1240 g/mol. The fraction of sp³-hybridized carbons (Fsp3) is 0.361. The minimum absolute atomic E-state index is 0.000235. The molecule has 0 bridgehead atoms. The van der Waals surface area contributed by atoms with Gasteiger partial charge >= 0.3 is 12.1 Å². The van der Waals surface area contributed by atoms with E-state index in [2.05, 4.69) is 47.9 Å². The van der Waals surface area contributed by atoms with Gasteiger partial charge < -0.3 is 77.3 Å². The number of benzene rings is 6. The Bertz CT molecular complexity index is 3440. The monoisotopic (exact) mass is 1330 g/mol. The average molecular weight is 1330 g/mol. The molecule has 0 aliphatic heterocycles. The maximum atomic E-state index is 14.5. The molecule has 0 fully saturated rings. The average Bonchev–Trinajstić information content (AvgIpc) is 1.12. The number of para-hydroxylation sites is 1. The quantitative estimate of drug-likeness (QED) is 0.0177. The van der Waals surface area contributed by atoms with Crippen LogP contribution in [0, 0.1) is 0 Å². The van der Waals surface area contributed by atoms with Crippen molar-refractivity contribution in [3.63, 3.8) is 0 Å². The Morgan fingerprint density at radius 2 is 0.763 bits per heavy atom. The summed E-state index contributed by atoms with van der Waals surface area (Å²) in [5.41, 5.74) is 9.84. The summed E-state index contributed by atoms with van der Waals surface area (Å²) in [5, 5.41) is 24.0. The second-order valence-corrected chi connectivity index (χ2v) is 23.0. The Morgan fingerprint density at radius 1 is 0.381 bits per heavy atom. The SMILES string of the molecule is C[C@H](Nc1ccccc1)C(=O)N[C@@H](CCC(N)=O)C(=O)N[C@H](C(=O)NCC(=O)N[C@H](C(=O)NCC(=O)N[C@@H](CCCCNC(=O)OCc1ccccc1)C(=O)N[C@H](C(=O)OCc1ccccc1)[C@@H](C)OCc1ccccc1)[C@@H](C)OCc1ccccc1)[C@@H](C)OCc1ccccc1. The molecule has 0 aliphatic rings. The van der Waals surface area contributed by atoms with Crippen LogP contribution in [-0.2, 0) is 99.9 Å². The molecule has 25 nitrogen and oxygen atoms in total. The van der Waals surface area contributed by atoms with Gasteiger partial charge in [0.25, 0.3) is 0 Å². The van der Waals surface area contributed by atoms with E-state index in [0.717, 1.165) is 22.3 Å². The molecule has 6 aromatic carbocycles. The maximum Gasteiger partial charge on any atom is 0.407 e. The zero-order chi connectivity index (χ0) is 69.7. The molecule has 0 radical (unpaired) electrons. The third-order valence-electron chi connectivity index (χ3n) is 15.2. The highest BCUT2D eigenvalue weighted by Crippen LogP contribution is 2.15. The van der Waals surface area contributed by atoms with Crippen molar-refractivity contribution in [2.24, 2.45) is 5.73 Å². The predicted molar refractivity (Wildman–Crippen MR) is 360 cm³/mol. The standard InChI is InChI=1S/C72H88N10O15/c1-48(77-57-35-21-10-22-36-57)66(86)79-59(38-39-60(73)83)68(88)81-64(50(3)94-44-53-27-13-6-14-28-53)70(90)76-42-62(85)80-63(49(2)93-43-52-25-11-5-12-26-52)69(89)75-41-61(84)78-58(37-23-24-40-74-72(92)97-47-56-33-19-9-20-34-56)67(87)82-65(51(4)95-45-54-29-15-7-16-30-54)71(91)96-46-55-31-17-8-18-32-55/h5-22,25-36,48-51,58-59,63-65,77H,23-24,37-47H2,1-4H3,(H2,73,83)(H,74,92)(H,75,89)(H,76,90)(H,78,84)(H,79,86)(H,80,85)(H,81,88)(H,82,87)/t48-,49+,50+,51+,58-,59-,63-,64-,65-/m0/s1. The summed E-state index contributed by atoms with van der Waals surface area (Å²) in [4.78, 5) is 137. The largest absolute Gasteiger partial charge is 0.459 e. The second kappa shape index (κ2) is 41.4. The zero-order valence-electron chi connectivity index (χ0n) is 54.9. The molecule has 0 aromatic heterocycles. The molecule has 11 N–H and O–H groups in total. The molecule has 97 heavy (non-hydrogen) atoms. The Hall–Kier alpha value is -10.5. The molecule has 0 unspecified atom stereocenters. The minimum Gasteiger partial charge on any atom is -0.459 e. The van der Waals surface area contributed by atoms with Gasteiger partial charge in [-0.3, -0.25) is 38.4 Å². The normalized spacial score (nSPS) is 13.7. The van der Waals surface area contributed by atoms with E-state index in [-0.39, 0.29) is 65.3 Å². The highest BCUT2D eigenvalue weighted by Gasteiger charge is 2.36. The molecule has 0 spiro atoms. The van der Waals surface area contributed by atoms with Crippen LogP contribution in [0.25, 0.3) is 0 Å². The van der Waals surface area contributed by atoms with Crippen LogP contribution in [0.1, 0.15) is 87.6 Å². The fourth-order valence-electron chi connectivity index (χ4n) is 9.61. The van der Waals surface area contributed by atoms with Crippen LogP contribution in [0.2, 0.25) is 0 Å². The Morgan fingerprint density at radius 3 is 1.22 bits per heavy atom. The van der Waals surface area contributed by atoms with Crippen molar-refractivity contribution < 1.29 is 71.6 Å². The van der Waals surface area contributed by atoms with Gasteiger partial charge in [-0.2, -0.15) is 0 Å². The van der Waals surface area contributed by atoms with Gasteiger partial charge in [-0.15, -0.1) is 0 Å². The van der Waals surface area contributed by atoms with E-state index < -0.39 is 127 Å². The van der Waals surface area contributed by atoms with E-state index in [0.29, 0.717) is 17.7 Å². The number of carbonyl (C=O) groups is 10. The van der Waals surface area contributed by atoms with Crippen molar-refractivity contribution >= 4 is 65.0 Å². The van der Waals surface area contributed by atoms with Gasteiger partial charge in [0.1, 0.15) is 43.4 Å². The molecule has 25 heteroatoms. The number of unbranched alkanes of at least 4 members (excludes halogenated alkanes) is 1. The lowest BCUT2D eigenvalue weighted by Crippen LogP contribution is -2.60. The van der Waals surface area contributed by atoms with Crippen molar-refractivity contribution in [1.29, 1.82) is 0 Å². The Balaban J connectivity index is 1.16. The number of alkyl carbamates (subject to hydrolysis) is 1. The van der Waals surface area contributed by atoms with Crippen molar-refractivity contribution in [2.75, 3.05) is 25.0 Å². The summed E-state index contributed by atoms with van der Waals surface area (Å²) >= 11 is 0. The second-order valence-electron chi connectivity index (χ2n) is 23.0. The first-order valence-electron chi connectivity index (χ1n) is 32.1. The summed E-state index contributed by atoms with van der Waals surface area (Å²) in [5.74, 6) is -7.40. The van der Waals surface area contributed by atoms with Crippen LogP contribution in [0.3, 0.4) is 0 Å². The number of amides is 9. The van der Waals surface area contributed by atoms with Gasteiger partial charge in [0.05, 0.1) is 51.2 Å². The lowest BCUT2D eigenvalue weighted by Gasteiger charge is -2.28. The molecule has 0 heterocycles. The van der Waals surface area contributed by atoms with Crippen LogP contribution < -0.4 is 53.6 Å². The van der Waals surface area contributed by atoms with Crippen molar-refractivity contribution in [1.82, 2.24) is 42.5 Å². The summed E-state index contributed by atoms with van der Waals surface area (Å²) in [7, 11) is 0. The van der Waals surface area contributed by atoms with E-state index in [1.54, 1.807) is 123 Å². The number of hydrogen-bond donors (Lipinski definition) is 10. The maximum absolute atomic E-state index is 14.5. The van der Waals surface area contributed by atoms with E-state index in [1.165, 1.54) is 13.8 Å². The van der Waals surface area contributed by atoms with E-state index in [4.69, 9.17) is 29.4 Å². The van der Waals surface area contributed by atoms with Crippen LogP contribution in [0.15, 0.2) is 182 Å². The lowest BCUT2D eigenvalue weighted by atomic mass is 10.1. The number of nitrogens with two attached hydrogens (primary N) is 1. The van der Waals surface area contributed by atoms with Gasteiger partial charge in [-0.1, -0.05) is 170 Å². The first-order valence-corrected chi connectivity index (χ1v) is 32.1. The topological polar surface area (TPSA) is 351 Å². The summed E-state index contributed by atoms with van der Waals surface area (Å²) < 4.78 is 29.3. The third-order valence-corrected chi connectivity index (χ3v) is 15.2. The highest BCUT2D eigenvalue weighted by atomic mass is 16.6. The molecule has 6 aromatic rings. The van der Waals surface area contributed by atoms with E-state index in [1.807, 2.05) is 72.8 Å². The molecule has 9 atom stereocenters. The number of primary amides is 1. The molecule has 0 saturated carbocycles. The van der Waals surface area contributed by atoms with Crippen LogP contribution in [0.5, 0.6) is 0 Å². The molecule has 0 aliphatic carbocycles. The number of nitrogens with one attached hydrogen (secondary N) is 9. The number of esters is 1. The van der Waals surface area contributed by atoms with Crippen LogP contribution in [-0.4, -0.2) is 134 Å². The van der Waals surface area contributed by atoms with Gasteiger partial charge in [-0.25, -0.2) is 9.59 Å². The number of carbonyl (C=O) groups excluding carboxylic acids is 10. The predicted octanol–water partition coefficient (Wildman–Crippen LogP) is 5.06. The van der Waals surface area contributed by atoms with Gasteiger partial charge in [-0.05, 0) is 93.3 Å². The molecule has 0 saturated heterocycles. The lowest BCUT2D eigenvalue weighted by molar-refractivity contribution is -0.154. The van der Waals surface area contributed by atoms with Crippen LogP contribution in [0.4, 0.5) is 10.5 Å². The number of hydrogen-bond acceptors (Lipinski definition) is 16. The van der Waals surface area contributed by atoms with Gasteiger partial charge in [0.2, 0.25) is 47.3 Å². The van der Waals surface area contributed by atoms with Crippen molar-refractivity contribution in [2.45, 2.75) is 147 Å². The molecule has 516 valence electrons. The van der Waals surface area contributed by atoms with Crippen molar-refractivity contribution in [3.05, 3.63) is 210 Å². The first-order chi connectivity index (χ1) is 46.8. The molecular formula is C72H88N10O15. The first kappa shape index (κ1) is 75.5. The van der Waals surface area contributed by atoms with Gasteiger partial charge in [0, 0.05) is 18.7 Å². The van der Waals surface area contributed by atoms with Crippen LogP contribution >= 0.6 is 0 Å². The number of anilines is 1. The number of ether oxygens (including phenoxy) is 5. The van der Waals surface area contributed by atoms with Crippen molar-refractivity contribution in [3.8, 4) is 0 Å². The summed E-state index contributed by atoms with van der Waals surface area (Å²) in [6.45, 7) is 4.83. The third kappa shape index (κ3) is 28.2. The van der Waals surface area contributed by atoms with E-state index >= 15 is 0 Å². The highest BCUT2D eigenvalue weighted by molar-refractivity contribution is 5.97. The van der Waals surface area contributed by atoms with Gasteiger partial charge in [0.15, 0.2) is 6.04 Å². The van der Waals surface area contributed by atoms with E-state index in [9.17, 15) is 47.9 Å². The Labute approximate surface area is 564 Å². The minimum atomic E-state index is -1.52. The summed E-state index contributed by atoms with van der Waals surface area (Å²) in [6, 6.07) is 46.0. The zero-order valence-corrected chi connectivity index (χ0v) is 54.9. The molecule has 9 amide bonds. The number of rotatable bonds is 41. The Kier molecular flexibility index (Phi) is 32.2. The summed E-state index contributed by atoms with van der Waals surface area (Å²) in [6.07, 6.45) is -3.78. The molecule has 6 rings (SSSR count).